The van der Waals surface area contributed by atoms with Crippen LogP contribution < -0.4 is 10.6 Å². The minimum atomic E-state index is -0.187. The summed E-state index contributed by atoms with van der Waals surface area (Å²) in [4.78, 5) is 6.99. The average Bonchev–Trinajstić information content (AvgIpc) is 2.74. The minimum Gasteiger partial charge on any atom is -0.379 e. The highest BCUT2D eigenvalue weighted by Gasteiger charge is 2.10. The maximum atomic E-state index is 13.7. The number of hydrogen-bond donors (Lipinski definition) is 2. The van der Waals surface area contributed by atoms with Crippen LogP contribution in [-0.2, 0) is 24.4 Å². The zero-order valence-corrected chi connectivity index (χ0v) is 20.1. The van der Waals surface area contributed by atoms with E-state index >= 15 is 0 Å². The summed E-state index contributed by atoms with van der Waals surface area (Å²) < 4.78 is 19.1. The fourth-order valence-electron chi connectivity index (χ4n) is 3.21. The molecule has 0 spiro atoms. The SMILES string of the molecule is CCNC(=NCc1ccc(C)c(F)c1)NCc1ccc(CN2CCOCC2)cc1.I. The number of ether oxygens (including phenoxy) is 1. The quantitative estimate of drug-likeness (QED) is 0.327. The zero-order valence-electron chi connectivity index (χ0n) is 17.8. The second-order valence-electron chi connectivity index (χ2n) is 7.34. The molecule has 3 rings (SSSR count). The number of rotatable bonds is 7. The van der Waals surface area contributed by atoms with Gasteiger partial charge in [-0.3, -0.25) is 4.90 Å². The molecule has 0 radical (unpaired) electrons. The van der Waals surface area contributed by atoms with Crippen molar-refractivity contribution in [2.24, 2.45) is 4.99 Å². The first-order chi connectivity index (χ1) is 14.1. The Morgan fingerprint density at radius 3 is 2.37 bits per heavy atom. The number of guanidine groups is 1. The predicted molar refractivity (Wildman–Crippen MR) is 131 cm³/mol. The van der Waals surface area contributed by atoms with Crippen LogP contribution in [-0.4, -0.2) is 43.7 Å². The van der Waals surface area contributed by atoms with E-state index in [4.69, 9.17) is 4.74 Å². The second kappa shape index (κ2) is 12.9. The van der Waals surface area contributed by atoms with Gasteiger partial charge in [-0.05, 0) is 42.2 Å². The third kappa shape index (κ3) is 7.85. The molecule has 2 N–H and O–H groups in total. The second-order valence-corrected chi connectivity index (χ2v) is 7.34. The molecule has 2 aromatic carbocycles. The van der Waals surface area contributed by atoms with E-state index in [0.29, 0.717) is 18.7 Å². The van der Waals surface area contributed by atoms with Gasteiger partial charge < -0.3 is 15.4 Å². The molecule has 1 aliphatic rings. The van der Waals surface area contributed by atoms with Gasteiger partial charge in [0.15, 0.2) is 5.96 Å². The summed E-state index contributed by atoms with van der Waals surface area (Å²) in [7, 11) is 0. The molecule has 2 aromatic rings. The van der Waals surface area contributed by atoms with E-state index in [1.54, 1.807) is 19.1 Å². The van der Waals surface area contributed by atoms with Crippen molar-refractivity contribution >= 4 is 29.9 Å². The number of aliphatic imine (C=N–C) groups is 1. The molecule has 1 aliphatic heterocycles. The number of hydrogen-bond acceptors (Lipinski definition) is 3. The van der Waals surface area contributed by atoms with Gasteiger partial charge in [0.05, 0.1) is 19.8 Å². The molecular weight excluding hydrogens is 494 g/mol. The first-order valence-electron chi connectivity index (χ1n) is 10.3. The van der Waals surface area contributed by atoms with Gasteiger partial charge in [0.25, 0.3) is 0 Å². The lowest BCUT2D eigenvalue weighted by molar-refractivity contribution is 0.0342. The number of morpholine rings is 1. The number of nitrogens with zero attached hydrogens (tertiary/aromatic N) is 2. The third-order valence-corrected chi connectivity index (χ3v) is 4.99. The number of benzene rings is 2. The van der Waals surface area contributed by atoms with Crippen LogP contribution in [0.25, 0.3) is 0 Å². The van der Waals surface area contributed by atoms with Crippen molar-refractivity contribution in [1.82, 2.24) is 15.5 Å². The lowest BCUT2D eigenvalue weighted by Crippen LogP contribution is -2.36. The van der Waals surface area contributed by atoms with E-state index in [1.165, 1.54) is 11.1 Å². The van der Waals surface area contributed by atoms with Crippen molar-refractivity contribution in [3.8, 4) is 0 Å². The highest BCUT2D eigenvalue weighted by Crippen LogP contribution is 2.11. The molecule has 5 nitrogen and oxygen atoms in total. The van der Waals surface area contributed by atoms with Crippen molar-refractivity contribution < 1.29 is 9.13 Å². The molecule has 0 aromatic heterocycles. The van der Waals surface area contributed by atoms with Gasteiger partial charge in [0.1, 0.15) is 5.82 Å². The van der Waals surface area contributed by atoms with Gasteiger partial charge in [-0.25, -0.2) is 9.38 Å². The number of nitrogens with one attached hydrogen (secondary N) is 2. The van der Waals surface area contributed by atoms with E-state index in [0.717, 1.165) is 50.9 Å². The Hall–Kier alpha value is -1.71. The third-order valence-electron chi connectivity index (χ3n) is 4.99. The summed E-state index contributed by atoms with van der Waals surface area (Å²) in [6, 6.07) is 13.9. The summed E-state index contributed by atoms with van der Waals surface area (Å²) >= 11 is 0. The molecule has 30 heavy (non-hydrogen) atoms. The lowest BCUT2D eigenvalue weighted by Gasteiger charge is -2.26. The summed E-state index contributed by atoms with van der Waals surface area (Å²) in [5, 5.41) is 6.59. The molecule has 0 saturated carbocycles. The Labute approximate surface area is 196 Å². The lowest BCUT2D eigenvalue weighted by atomic mass is 10.1. The largest absolute Gasteiger partial charge is 0.379 e. The summed E-state index contributed by atoms with van der Waals surface area (Å²) in [6.07, 6.45) is 0. The van der Waals surface area contributed by atoms with Crippen LogP contribution in [0.1, 0.15) is 29.2 Å². The van der Waals surface area contributed by atoms with Crippen LogP contribution >= 0.6 is 24.0 Å². The topological polar surface area (TPSA) is 48.9 Å². The van der Waals surface area contributed by atoms with Crippen molar-refractivity contribution in [3.05, 3.63) is 70.5 Å². The molecule has 1 saturated heterocycles. The van der Waals surface area contributed by atoms with Gasteiger partial charge in [0.2, 0.25) is 0 Å². The van der Waals surface area contributed by atoms with Crippen LogP contribution in [0.15, 0.2) is 47.5 Å². The Morgan fingerprint density at radius 2 is 1.70 bits per heavy atom. The number of halogens is 2. The summed E-state index contributed by atoms with van der Waals surface area (Å²) in [5.41, 5.74) is 4.03. The molecule has 0 amide bonds. The minimum absolute atomic E-state index is 0. The molecular formula is C23H32FIN4O. The summed E-state index contributed by atoms with van der Waals surface area (Å²) in [5.74, 6) is 0.540. The molecule has 1 fully saturated rings. The fraction of sp³-hybridized carbons (Fsp3) is 0.435. The zero-order chi connectivity index (χ0) is 20.5. The Morgan fingerprint density at radius 1 is 1.03 bits per heavy atom. The summed E-state index contributed by atoms with van der Waals surface area (Å²) in [6.45, 7) is 10.3. The Bertz CT molecular complexity index is 807. The average molecular weight is 526 g/mol. The van der Waals surface area contributed by atoms with Gasteiger partial charge in [-0.1, -0.05) is 36.4 Å². The molecule has 164 valence electrons. The molecule has 0 atom stereocenters. The molecule has 0 unspecified atom stereocenters. The van der Waals surface area contributed by atoms with E-state index in [2.05, 4.69) is 44.8 Å². The van der Waals surface area contributed by atoms with E-state index in [9.17, 15) is 4.39 Å². The van der Waals surface area contributed by atoms with E-state index < -0.39 is 0 Å². The first kappa shape index (κ1) is 24.6. The van der Waals surface area contributed by atoms with E-state index in [-0.39, 0.29) is 29.8 Å². The first-order valence-corrected chi connectivity index (χ1v) is 10.3. The van der Waals surface area contributed by atoms with Crippen LogP contribution in [0.4, 0.5) is 4.39 Å². The van der Waals surface area contributed by atoms with Crippen LogP contribution in [0, 0.1) is 12.7 Å². The van der Waals surface area contributed by atoms with Gasteiger partial charge >= 0.3 is 0 Å². The Kier molecular flexibility index (Phi) is 10.5. The Balaban J connectivity index is 0.00000320. The van der Waals surface area contributed by atoms with Crippen LogP contribution in [0.3, 0.4) is 0 Å². The van der Waals surface area contributed by atoms with E-state index in [1.807, 2.05) is 13.0 Å². The normalized spacial score (nSPS) is 14.8. The van der Waals surface area contributed by atoms with Gasteiger partial charge in [-0.2, -0.15) is 0 Å². The molecule has 0 aliphatic carbocycles. The number of aryl methyl sites for hydroxylation is 1. The van der Waals surface area contributed by atoms with Crippen molar-refractivity contribution in [2.45, 2.75) is 33.5 Å². The smallest absolute Gasteiger partial charge is 0.191 e. The monoisotopic (exact) mass is 526 g/mol. The van der Waals surface area contributed by atoms with Gasteiger partial charge in [-0.15, -0.1) is 24.0 Å². The van der Waals surface area contributed by atoms with Crippen LogP contribution in [0.5, 0.6) is 0 Å². The standard InChI is InChI=1S/C23H31FN4O.HI/c1-3-25-23(27-16-21-5-4-18(2)22(24)14-21)26-15-19-6-8-20(9-7-19)17-28-10-12-29-13-11-28;/h4-9,14H,3,10-13,15-17H2,1-2H3,(H2,25,26,27);1H. The maximum absolute atomic E-state index is 13.7. The van der Waals surface area contributed by atoms with Crippen molar-refractivity contribution in [3.63, 3.8) is 0 Å². The van der Waals surface area contributed by atoms with Crippen molar-refractivity contribution in [1.29, 1.82) is 0 Å². The molecule has 7 heteroatoms. The molecule has 1 heterocycles. The highest BCUT2D eigenvalue weighted by molar-refractivity contribution is 14.0. The predicted octanol–water partition coefficient (Wildman–Crippen LogP) is 3.84. The van der Waals surface area contributed by atoms with Crippen LogP contribution in [0.2, 0.25) is 0 Å². The van der Waals surface area contributed by atoms with Gasteiger partial charge in [0, 0.05) is 32.7 Å². The molecule has 0 bridgehead atoms. The van der Waals surface area contributed by atoms with Crippen molar-refractivity contribution in [2.75, 3.05) is 32.8 Å². The highest BCUT2D eigenvalue weighted by atomic mass is 127. The fourth-order valence-corrected chi connectivity index (χ4v) is 3.21. The maximum Gasteiger partial charge on any atom is 0.191 e.